The summed E-state index contributed by atoms with van der Waals surface area (Å²) in [4.78, 5) is 23.5. The number of hydrogen-bond donors (Lipinski definition) is 0. The molecule has 0 aromatic rings. The van der Waals surface area contributed by atoms with E-state index in [1.54, 1.807) is 0 Å². The number of carbonyl (C=O) groups is 2. The molecule has 0 saturated heterocycles. The van der Waals surface area contributed by atoms with Crippen LogP contribution in [-0.2, 0) is 14.3 Å². The number of ketones is 1. The van der Waals surface area contributed by atoms with Crippen molar-refractivity contribution >= 4 is 11.8 Å². The average Bonchev–Trinajstić information content (AvgIpc) is 2.52. The molecule has 20 heavy (non-hydrogen) atoms. The highest BCUT2D eigenvalue weighted by Gasteiger charge is 2.47. The zero-order chi connectivity index (χ0) is 15.1. The minimum atomic E-state index is -0.557. The van der Waals surface area contributed by atoms with E-state index in [1.165, 1.54) is 12.5 Å². The van der Waals surface area contributed by atoms with Crippen molar-refractivity contribution in [1.29, 1.82) is 0 Å². The van der Waals surface area contributed by atoms with Gasteiger partial charge in [0.1, 0.15) is 5.60 Å². The Bertz CT molecular complexity index is 500. The summed E-state index contributed by atoms with van der Waals surface area (Å²) in [5.41, 5.74) is 2.65. The maximum Gasteiger partial charge on any atom is 0.303 e. The minimum absolute atomic E-state index is 0.0447. The molecule has 1 saturated carbocycles. The molecule has 1 fully saturated rings. The van der Waals surface area contributed by atoms with Gasteiger partial charge in [0, 0.05) is 19.3 Å². The summed E-state index contributed by atoms with van der Waals surface area (Å²) in [6.45, 7) is 11.4. The van der Waals surface area contributed by atoms with E-state index in [1.807, 2.05) is 20.8 Å². The molecule has 0 unspecified atom stereocenters. The van der Waals surface area contributed by atoms with E-state index in [4.69, 9.17) is 4.74 Å². The summed E-state index contributed by atoms with van der Waals surface area (Å²) in [5, 5.41) is 0. The number of hydrogen-bond acceptors (Lipinski definition) is 3. The second kappa shape index (κ2) is 5.19. The SMILES string of the molecule is C=C(C)[C@@H]1CC[C@@](C)(OC(C)=O)[C@@H]2CC(=O)C(C)=C2C1. The maximum atomic E-state index is 12.1. The monoisotopic (exact) mass is 276 g/mol. The van der Waals surface area contributed by atoms with Crippen LogP contribution in [0.4, 0.5) is 0 Å². The van der Waals surface area contributed by atoms with Crippen LogP contribution in [0.25, 0.3) is 0 Å². The fraction of sp³-hybridized carbons (Fsp3) is 0.647. The van der Waals surface area contributed by atoms with E-state index in [0.29, 0.717) is 12.3 Å². The van der Waals surface area contributed by atoms with Crippen LogP contribution in [0.3, 0.4) is 0 Å². The van der Waals surface area contributed by atoms with Gasteiger partial charge in [0.05, 0.1) is 0 Å². The molecule has 0 aliphatic heterocycles. The maximum absolute atomic E-state index is 12.1. The summed E-state index contributed by atoms with van der Waals surface area (Å²) < 4.78 is 5.64. The molecule has 0 spiro atoms. The first-order chi connectivity index (χ1) is 9.24. The average molecular weight is 276 g/mol. The molecule has 0 radical (unpaired) electrons. The van der Waals surface area contributed by atoms with Crippen molar-refractivity contribution in [3.8, 4) is 0 Å². The first-order valence-electron chi connectivity index (χ1n) is 7.32. The van der Waals surface area contributed by atoms with Gasteiger partial charge < -0.3 is 4.74 Å². The fourth-order valence-corrected chi connectivity index (χ4v) is 3.66. The third kappa shape index (κ3) is 2.58. The van der Waals surface area contributed by atoms with Crippen molar-refractivity contribution < 1.29 is 14.3 Å². The van der Waals surface area contributed by atoms with E-state index in [0.717, 1.165) is 30.4 Å². The highest BCUT2D eigenvalue weighted by Crippen LogP contribution is 2.48. The van der Waals surface area contributed by atoms with Gasteiger partial charge in [0.2, 0.25) is 0 Å². The molecule has 2 aliphatic carbocycles. The molecule has 0 heterocycles. The summed E-state index contributed by atoms with van der Waals surface area (Å²) in [6.07, 6.45) is 3.11. The molecular weight excluding hydrogens is 252 g/mol. The van der Waals surface area contributed by atoms with Gasteiger partial charge in [0.25, 0.3) is 0 Å². The van der Waals surface area contributed by atoms with Crippen molar-refractivity contribution in [3.05, 3.63) is 23.3 Å². The topological polar surface area (TPSA) is 43.4 Å². The third-order valence-electron chi connectivity index (χ3n) is 4.98. The lowest BCUT2D eigenvalue weighted by atomic mass is 9.82. The molecule has 110 valence electrons. The predicted molar refractivity (Wildman–Crippen MR) is 78.1 cm³/mol. The van der Waals surface area contributed by atoms with Gasteiger partial charge in [-0.2, -0.15) is 0 Å². The van der Waals surface area contributed by atoms with E-state index < -0.39 is 5.60 Å². The summed E-state index contributed by atoms with van der Waals surface area (Å²) in [5.74, 6) is 0.359. The lowest BCUT2D eigenvalue weighted by Gasteiger charge is -2.34. The molecule has 3 atom stereocenters. The summed E-state index contributed by atoms with van der Waals surface area (Å²) in [7, 11) is 0. The summed E-state index contributed by atoms with van der Waals surface area (Å²) >= 11 is 0. The van der Waals surface area contributed by atoms with Gasteiger partial charge in [0.15, 0.2) is 5.78 Å². The Morgan fingerprint density at radius 1 is 1.35 bits per heavy atom. The fourth-order valence-electron chi connectivity index (χ4n) is 3.66. The van der Waals surface area contributed by atoms with Crippen LogP contribution in [0.2, 0.25) is 0 Å². The summed E-state index contributed by atoms with van der Waals surface area (Å²) in [6, 6.07) is 0. The second-order valence-corrected chi connectivity index (χ2v) is 6.52. The first-order valence-corrected chi connectivity index (χ1v) is 7.32. The highest BCUT2D eigenvalue weighted by molar-refractivity contribution is 5.98. The van der Waals surface area contributed by atoms with Crippen LogP contribution in [0.5, 0.6) is 0 Å². The van der Waals surface area contributed by atoms with E-state index in [-0.39, 0.29) is 17.7 Å². The molecular formula is C17H24O3. The van der Waals surface area contributed by atoms with E-state index in [9.17, 15) is 9.59 Å². The van der Waals surface area contributed by atoms with Crippen molar-refractivity contribution in [2.24, 2.45) is 11.8 Å². The number of allylic oxidation sites excluding steroid dienone is 2. The molecule has 2 rings (SSSR count). The van der Waals surface area contributed by atoms with Gasteiger partial charge in [-0.15, -0.1) is 0 Å². The number of ether oxygens (including phenoxy) is 1. The first kappa shape index (κ1) is 15.0. The molecule has 0 aromatic heterocycles. The zero-order valence-electron chi connectivity index (χ0n) is 12.9. The standard InChI is InChI=1S/C17H24O3/c1-10(2)13-6-7-17(5,20-12(4)18)15-9-16(19)11(3)14(15)8-13/h13,15H,1,6-9H2,2-5H3/t13-,15-,17-/m1/s1. The molecule has 2 aliphatic rings. The molecule has 3 nitrogen and oxygen atoms in total. The van der Waals surface area contributed by atoms with Crippen LogP contribution in [0, 0.1) is 11.8 Å². The normalized spacial score (nSPS) is 33.7. The van der Waals surface area contributed by atoms with Gasteiger partial charge in [-0.3, -0.25) is 9.59 Å². The van der Waals surface area contributed by atoms with Crippen LogP contribution >= 0.6 is 0 Å². The number of fused-ring (bicyclic) bond motifs is 1. The van der Waals surface area contributed by atoms with Crippen molar-refractivity contribution in [3.63, 3.8) is 0 Å². The van der Waals surface area contributed by atoms with Crippen LogP contribution in [-0.4, -0.2) is 17.4 Å². The van der Waals surface area contributed by atoms with Crippen LogP contribution in [0.15, 0.2) is 23.3 Å². The zero-order valence-corrected chi connectivity index (χ0v) is 12.9. The predicted octanol–water partition coefficient (Wildman–Crippen LogP) is 3.59. The molecule has 0 bridgehead atoms. The minimum Gasteiger partial charge on any atom is -0.459 e. The van der Waals surface area contributed by atoms with Gasteiger partial charge >= 0.3 is 5.97 Å². The Hall–Kier alpha value is -1.38. The van der Waals surface area contributed by atoms with Crippen molar-refractivity contribution in [2.45, 2.75) is 59.0 Å². The van der Waals surface area contributed by atoms with Crippen molar-refractivity contribution in [1.82, 2.24) is 0 Å². The quantitative estimate of drug-likeness (QED) is 0.572. The van der Waals surface area contributed by atoms with Gasteiger partial charge in [-0.05, 0) is 51.5 Å². The number of carbonyl (C=O) groups excluding carboxylic acids is 2. The third-order valence-corrected chi connectivity index (χ3v) is 4.98. The Balaban J connectivity index is 2.41. The van der Waals surface area contributed by atoms with Crippen LogP contribution < -0.4 is 0 Å². The molecule has 0 amide bonds. The Morgan fingerprint density at radius 2 is 2.00 bits per heavy atom. The molecule has 0 aromatic carbocycles. The van der Waals surface area contributed by atoms with E-state index in [2.05, 4.69) is 6.58 Å². The highest BCUT2D eigenvalue weighted by atomic mass is 16.6. The smallest absolute Gasteiger partial charge is 0.303 e. The molecule has 3 heteroatoms. The Kier molecular flexibility index (Phi) is 3.90. The van der Waals surface area contributed by atoms with E-state index >= 15 is 0 Å². The Labute approximate surface area is 121 Å². The second-order valence-electron chi connectivity index (χ2n) is 6.52. The van der Waals surface area contributed by atoms with Gasteiger partial charge in [-0.25, -0.2) is 0 Å². The largest absolute Gasteiger partial charge is 0.459 e. The molecule has 0 N–H and O–H groups in total. The lowest BCUT2D eigenvalue weighted by Crippen LogP contribution is -2.38. The van der Waals surface area contributed by atoms with Crippen molar-refractivity contribution in [2.75, 3.05) is 0 Å². The van der Waals surface area contributed by atoms with Gasteiger partial charge in [-0.1, -0.05) is 17.7 Å². The Morgan fingerprint density at radius 3 is 2.55 bits per heavy atom. The lowest BCUT2D eigenvalue weighted by molar-refractivity contribution is -0.161. The number of Topliss-reactive ketones (excluding diaryl/α,β-unsaturated/α-hetero) is 1. The van der Waals surface area contributed by atoms with Crippen LogP contribution in [0.1, 0.15) is 53.4 Å². The number of esters is 1. The number of rotatable bonds is 2.